The molecule has 0 atom stereocenters. The highest BCUT2D eigenvalue weighted by atomic mass is 32.1. The van der Waals surface area contributed by atoms with Crippen molar-refractivity contribution < 1.29 is 9.21 Å². The van der Waals surface area contributed by atoms with Crippen LogP contribution in [0.5, 0.6) is 0 Å². The monoisotopic (exact) mass is 391 g/mol. The average molecular weight is 391 g/mol. The molecule has 0 N–H and O–H groups in total. The summed E-state index contributed by atoms with van der Waals surface area (Å²) in [7, 11) is 0. The molecule has 28 heavy (non-hydrogen) atoms. The Morgan fingerprint density at radius 1 is 1.00 bits per heavy atom. The summed E-state index contributed by atoms with van der Waals surface area (Å²) in [6.07, 6.45) is 0. The van der Waals surface area contributed by atoms with Crippen LogP contribution in [0.15, 0.2) is 46.9 Å². The zero-order chi connectivity index (χ0) is 19.3. The van der Waals surface area contributed by atoms with Gasteiger partial charge in [-0.2, -0.15) is 4.37 Å². The Hall–Kier alpha value is -2.86. The third-order valence-corrected chi connectivity index (χ3v) is 6.40. The summed E-state index contributed by atoms with van der Waals surface area (Å²) in [6, 6.07) is 14.3. The van der Waals surface area contributed by atoms with Crippen molar-refractivity contribution in [3.8, 4) is 0 Å². The molecule has 142 valence electrons. The van der Waals surface area contributed by atoms with E-state index in [4.69, 9.17) is 4.42 Å². The topological polar surface area (TPSA) is 49.6 Å². The van der Waals surface area contributed by atoms with E-state index in [1.54, 1.807) is 0 Å². The zero-order valence-corrected chi connectivity index (χ0v) is 16.8. The minimum Gasteiger partial charge on any atom is -0.450 e. The molecule has 2 aromatic carbocycles. The fourth-order valence-electron chi connectivity index (χ4n) is 3.95. The van der Waals surface area contributed by atoms with Gasteiger partial charge in [-0.15, -0.1) is 0 Å². The number of hydrogen-bond acceptors (Lipinski definition) is 5. The van der Waals surface area contributed by atoms with Crippen LogP contribution in [-0.2, 0) is 0 Å². The van der Waals surface area contributed by atoms with Crippen molar-refractivity contribution in [2.24, 2.45) is 0 Å². The van der Waals surface area contributed by atoms with Gasteiger partial charge in [0.15, 0.2) is 5.76 Å². The summed E-state index contributed by atoms with van der Waals surface area (Å²) in [5, 5.41) is 2.21. The fraction of sp³-hybridized carbons (Fsp3) is 0.273. The van der Waals surface area contributed by atoms with E-state index in [1.807, 2.05) is 49.1 Å². The highest BCUT2D eigenvalue weighted by Crippen LogP contribution is 2.31. The molecule has 1 saturated heterocycles. The molecule has 4 aromatic rings. The molecule has 1 amide bonds. The maximum Gasteiger partial charge on any atom is 0.290 e. The van der Waals surface area contributed by atoms with Crippen LogP contribution in [0.3, 0.4) is 0 Å². The minimum atomic E-state index is -0.0177. The molecule has 5 nitrogen and oxygen atoms in total. The normalized spacial score (nSPS) is 14.9. The van der Waals surface area contributed by atoms with Crippen LogP contribution in [0.25, 0.3) is 21.1 Å². The molecule has 1 fully saturated rings. The standard InChI is InChI=1S/C22H21N3O2S/c1-14-6-5-8-16-15(2)20(27-19(14)16)22(26)25-12-10-24(11-13-25)21-17-7-3-4-9-18(17)28-23-21/h3-9H,10-13H2,1-2H3. The van der Waals surface area contributed by atoms with Crippen LogP contribution in [0.2, 0.25) is 0 Å². The van der Waals surface area contributed by atoms with Crippen molar-refractivity contribution in [2.75, 3.05) is 31.1 Å². The van der Waals surface area contributed by atoms with Gasteiger partial charge < -0.3 is 14.2 Å². The third-order valence-electron chi connectivity index (χ3n) is 5.58. The van der Waals surface area contributed by atoms with Crippen LogP contribution in [0.4, 0.5) is 5.82 Å². The zero-order valence-electron chi connectivity index (χ0n) is 15.9. The number of amides is 1. The Bertz CT molecular complexity index is 1190. The second kappa shape index (κ2) is 6.63. The van der Waals surface area contributed by atoms with E-state index in [0.717, 1.165) is 41.0 Å². The first-order valence-corrected chi connectivity index (χ1v) is 10.3. The Morgan fingerprint density at radius 2 is 1.75 bits per heavy atom. The number of carbonyl (C=O) groups excluding carboxylic acids is 1. The maximum atomic E-state index is 13.1. The minimum absolute atomic E-state index is 0.0177. The molecule has 0 saturated carbocycles. The van der Waals surface area contributed by atoms with Gasteiger partial charge in [-0.25, -0.2) is 0 Å². The lowest BCUT2D eigenvalue weighted by Crippen LogP contribution is -2.49. The Labute approximate surface area is 167 Å². The first kappa shape index (κ1) is 17.3. The number of aryl methyl sites for hydroxylation is 2. The van der Waals surface area contributed by atoms with E-state index in [2.05, 4.69) is 21.4 Å². The highest BCUT2D eigenvalue weighted by molar-refractivity contribution is 7.13. The van der Waals surface area contributed by atoms with E-state index < -0.39 is 0 Å². The van der Waals surface area contributed by atoms with Gasteiger partial charge in [-0.05, 0) is 43.1 Å². The Balaban J connectivity index is 1.36. The summed E-state index contributed by atoms with van der Waals surface area (Å²) in [5.74, 6) is 1.48. The van der Waals surface area contributed by atoms with E-state index in [-0.39, 0.29) is 5.91 Å². The van der Waals surface area contributed by atoms with E-state index in [9.17, 15) is 4.79 Å². The summed E-state index contributed by atoms with van der Waals surface area (Å²) in [5.41, 5.74) is 2.80. The van der Waals surface area contributed by atoms with Gasteiger partial charge >= 0.3 is 0 Å². The highest BCUT2D eigenvalue weighted by Gasteiger charge is 2.28. The molecule has 6 heteroatoms. The Morgan fingerprint density at radius 3 is 2.54 bits per heavy atom. The smallest absolute Gasteiger partial charge is 0.290 e. The number of aromatic nitrogens is 1. The van der Waals surface area contributed by atoms with Crippen LogP contribution in [-0.4, -0.2) is 41.4 Å². The number of hydrogen-bond donors (Lipinski definition) is 0. The number of fused-ring (bicyclic) bond motifs is 2. The first-order chi connectivity index (χ1) is 13.6. The predicted molar refractivity (Wildman–Crippen MR) is 113 cm³/mol. The van der Waals surface area contributed by atoms with Gasteiger partial charge in [0.1, 0.15) is 11.4 Å². The third kappa shape index (κ3) is 2.67. The molecule has 0 spiro atoms. The largest absolute Gasteiger partial charge is 0.450 e. The fourth-order valence-corrected chi connectivity index (χ4v) is 4.75. The van der Waals surface area contributed by atoms with Gasteiger partial charge in [0.25, 0.3) is 5.91 Å². The predicted octanol–water partition coefficient (Wildman–Crippen LogP) is 4.62. The molecule has 1 aliphatic rings. The van der Waals surface area contributed by atoms with Gasteiger partial charge in [-0.3, -0.25) is 4.79 Å². The van der Waals surface area contributed by atoms with Crippen LogP contribution in [0, 0.1) is 13.8 Å². The van der Waals surface area contributed by atoms with Crippen molar-refractivity contribution in [1.82, 2.24) is 9.27 Å². The number of piperazine rings is 1. The molecule has 3 heterocycles. The van der Waals surface area contributed by atoms with Gasteiger partial charge in [0, 0.05) is 42.5 Å². The van der Waals surface area contributed by atoms with Crippen molar-refractivity contribution in [3.63, 3.8) is 0 Å². The second-order valence-corrected chi connectivity index (χ2v) is 8.09. The van der Waals surface area contributed by atoms with Crippen molar-refractivity contribution in [2.45, 2.75) is 13.8 Å². The van der Waals surface area contributed by atoms with Gasteiger partial charge in [-0.1, -0.05) is 30.3 Å². The quantitative estimate of drug-likeness (QED) is 0.500. The summed E-state index contributed by atoms with van der Waals surface area (Å²) in [6.45, 7) is 6.86. The summed E-state index contributed by atoms with van der Waals surface area (Å²) in [4.78, 5) is 17.3. The first-order valence-electron chi connectivity index (χ1n) is 9.51. The SMILES string of the molecule is Cc1c(C(=O)N2CCN(c3nsc4ccccc34)CC2)oc2c(C)cccc12. The lowest BCUT2D eigenvalue weighted by atomic mass is 10.1. The summed E-state index contributed by atoms with van der Waals surface area (Å²) < 4.78 is 11.8. The van der Waals surface area contributed by atoms with Crippen molar-refractivity contribution in [1.29, 1.82) is 0 Å². The summed E-state index contributed by atoms with van der Waals surface area (Å²) >= 11 is 1.53. The molecule has 0 radical (unpaired) electrons. The number of rotatable bonds is 2. The number of para-hydroxylation sites is 1. The lowest BCUT2D eigenvalue weighted by molar-refractivity contribution is 0.0716. The number of nitrogens with zero attached hydrogens (tertiary/aromatic N) is 3. The molecule has 5 rings (SSSR count). The molecule has 1 aliphatic heterocycles. The van der Waals surface area contributed by atoms with Gasteiger partial charge in [0.2, 0.25) is 0 Å². The number of furan rings is 1. The molecular weight excluding hydrogens is 370 g/mol. The number of benzene rings is 2. The Kier molecular flexibility index (Phi) is 4.09. The maximum absolute atomic E-state index is 13.1. The van der Waals surface area contributed by atoms with E-state index in [1.165, 1.54) is 21.6 Å². The van der Waals surface area contributed by atoms with Crippen molar-refractivity contribution in [3.05, 3.63) is 59.4 Å². The molecular formula is C22H21N3O2S. The van der Waals surface area contributed by atoms with Crippen LogP contribution in [0.1, 0.15) is 21.7 Å². The van der Waals surface area contributed by atoms with Crippen LogP contribution >= 0.6 is 11.5 Å². The molecule has 0 aliphatic carbocycles. The van der Waals surface area contributed by atoms with E-state index >= 15 is 0 Å². The van der Waals surface area contributed by atoms with Crippen LogP contribution < -0.4 is 4.90 Å². The average Bonchev–Trinajstić information content (AvgIpc) is 3.30. The van der Waals surface area contributed by atoms with Crippen molar-refractivity contribution >= 4 is 44.3 Å². The van der Waals surface area contributed by atoms with Gasteiger partial charge in [0.05, 0.1) is 4.70 Å². The van der Waals surface area contributed by atoms with E-state index in [0.29, 0.717) is 18.8 Å². The molecule has 2 aromatic heterocycles. The molecule has 0 unspecified atom stereocenters. The number of carbonyl (C=O) groups is 1. The lowest BCUT2D eigenvalue weighted by Gasteiger charge is -2.34. The number of anilines is 1. The molecule has 0 bridgehead atoms. The second-order valence-electron chi connectivity index (χ2n) is 7.29.